The molecule has 0 aliphatic rings. The lowest BCUT2D eigenvalue weighted by molar-refractivity contribution is 0.630. The minimum Gasteiger partial charge on any atom is -0.398 e. The minimum absolute atomic E-state index is 0.253. The maximum absolute atomic E-state index is 14.0. The van der Waals surface area contributed by atoms with Crippen molar-refractivity contribution in [3.05, 3.63) is 41.5 Å². The summed E-state index contributed by atoms with van der Waals surface area (Å²) in [6, 6.07) is 6.43. The molecule has 0 saturated carbocycles. The van der Waals surface area contributed by atoms with Gasteiger partial charge in [-0.3, -0.25) is 4.40 Å². The highest BCUT2D eigenvalue weighted by atomic mass is 19.1. The Morgan fingerprint density at radius 2 is 2.00 bits per heavy atom. The molecule has 0 bridgehead atoms. The fraction of sp³-hybridized carbons (Fsp3) is 0.154. The fourth-order valence-electron chi connectivity index (χ4n) is 2.17. The molecule has 0 saturated heterocycles. The summed E-state index contributed by atoms with van der Waals surface area (Å²) in [6.45, 7) is 3.77. The number of nitrogens with two attached hydrogens (primary N) is 1. The van der Waals surface area contributed by atoms with E-state index in [2.05, 4.69) is 15.2 Å². The summed E-state index contributed by atoms with van der Waals surface area (Å²) in [5.41, 5.74) is 8.14. The topological polar surface area (TPSA) is 69.1 Å². The average Bonchev–Trinajstić information content (AvgIpc) is 2.72. The third-order valence-corrected chi connectivity index (χ3v) is 2.96. The summed E-state index contributed by atoms with van der Waals surface area (Å²) in [4.78, 5) is 4.27. The molecule has 19 heavy (non-hydrogen) atoms. The lowest BCUT2D eigenvalue weighted by Crippen LogP contribution is -2.01. The van der Waals surface area contributed by atoms with E-state index in [0.29, 0.717) is 17.3 Å². The predicted molar refractivity (Wildman–Crippen MR) is 70.1 cm³/mol. The largest absolute Gasteiger partial charge is 0.398 e. The number of aryl methyl sites for hydroxylation is 2. The monoisotopic (exact) mass is 257 g/mol. The first-order chi connectivity index (χ1) is 9.08. The molecule has 0 radical (unpaired) electrons. The summed E-state index contributed by atoms with van der Waals surface area (Å²) >= 11 is 0. The zero-order valence-electron chi connectivity index (χ0n) is 10.6. The van der Waals surface area contributed by atoms with Crippen molar-refractivity contribution in [3.8, 4) is 11.4 Å². The number of rotatable bonds is 1. The molecule has 0 atom stereocenters. The highest BCUT2D eigenvalue weighted by molar-refractivity contribution is 5.73. The van der Waals surface area contributed by atoms with Crippen molar-refractivity contribution in [2.75, 3.05) is 5.73 Å². The van der Waals surface area contributed by atoms with Gasteiger partial charge in [0.15, 0.2) is 5.82 Å². The van der Waals surface area contributed by atoms with Crippen LogP contribution in [0.2, 0.25) is 0 Å². The van der Waals surface area contributed by atoms with Crippen molar-refractivity contribution in [2.24, 2.45) is 0 Å². The summed E-state index contributed by atoms with van der Waals surface area (Å²) in [6.07, 6.45) is 0. The quantitative estimate of drug-likeness (QED) is 0.678. The van der Waals surface area contributed by atoms with Crippen molar-refractivity contribution in [3.63, 3.8) is 0 Å². The van der Waals surface area contributed by atoms with Gasteiger partial charge in [0.05, 0.1) is 5.56 Å². The Morgan fingerprint density at radius 1 is 1.21 bits per heavy atom. The molecular weight excluding hydrogens is 245 g/mol. The van der Waals surface area contributed by atoms with Gasteiger partial charge < -0.3 is 5.73 Å². The van der Waals surface area contributed by atoms with Crippen LogP contribution in [0.15, 0.2) is 24.3 Å². The number of fused-ring (bicyclic) bond motifs is 1. The van der Waals surface area contributed by atoms with Crippen LogP contribution >= 0.6 is 0 Å². The molecule has 0 aliphatic carbocycles. The summed E-state index contributed by atoms with van der Waals surface area (Å²) < 4.78 is 15.7. The van der Waals surface area contributed by atoms with E-state index in [1.165, 1.54) is 6.07 Å². The lowest BCUT2D eigenvalue weighted by atomic mass is 10.1. The van der Waals surface area contributed by atoms with Crippen LogP contribution in [0.5, 0.6) is 0 Å². The molecule has 2 heterocycles. The Bertz CT molecular complexity index is 758. The van der Waals surface area contributed by atoms with Gasteiger partial charge in [-0.25, -0.2) is 9.37 Å². The van der Waals surface area contributed by atoms with Crippen LogP contribution in [0.4, 0.5) is 10.1 Å². The van der Waals surface area contributed by atoms with E-state index < -0.39 is 5.82 Å². The molecule has 0 fully saturated rings. The van der Waals surface area contributed by atoms with Crippen molar-refractivity contribution >= 4 is 11.5 Å². The molecule has 1 aromatic carbocycles. The molecule has 3 aromatic rings. The molecule has 0 amide bonds. The summed E-state index contributed by atoms with van der Waals surface area (Å²) in [7, 11) is 0. The van der Waals surface area contributed by atoms with Gasteiger partial charge in [0, 0.05) is 17.1 Å². The number of hydrogen-bond acceptors (Lipinski definition) is 4. The molecule has 96 valence electrons. The standard InChI is InChI=1S/C13H12FN5/c1-7-6-8(2)19-12(17-18-13(19)16-7)11-9(14)4-3-5-10(11)15/h3-6H,15H2,1-2H3. The molecule has 6 heteroatoms. The Kier molecular flexibility index (Phi) is 2.45. The van der Waals surface area contributed by atoms with Crippen molar-refractivity contribution in [1.29, 1.82) is 0 Å². The van der Waals surface area contributed by atoms with Gasteiger partial charge in [0.2, 0.25) is 0 Å². The number of benzene rings is 1. The first kappa shape index (κ1) is 11.6. The molecule has 0 unspecified atom stereocenters. The highest BCUT2D eigenvalue weighted by Crippen LogP contribution is 2.28. The van der Waals surface area contributed by atoms with E-state index >= 15 is 0 Å². The van der Waals surface area contributed by atoms with E-state index in [9.17, 15) is 4.39 Å². The zero-order chi connectivity index (χ0) is 13.6. The van der Waals surface area contributed by atoms with Gasteiger partial charge >= 0.3 is 0 Å². The van der Waals surface area contributed by atoms with Crippen LogP contribution in [0.3, 0.4) is 0 Å². The number of halogens is 1. The fourth-order valence-corrected chi connectivity index (χ4v) is 2.17. The third-order valence-electron chi connectivity index (χ3n) is 2.96. The molecule has 0 spiro atoms. The third kappa shape index (κ3) is 1.72. The van der Waals surface area contributed by atoms with Crippen molar-refractivity contribution in [2.45, 2.75) is 13.8 Å². The molecule has 5 nitrogen and oxygen atoms in total. The van der Waals surface area contributed by atoms with E-state index in [1.807, 2.05) is 19.9 Å². The van der Waals surface area contributed by atoms with E-state index in [-0.39, 0.29) is 5.56 Å². The van der Waals surface area contributed by atoms with Crippen LogP contribution in [-0.4, -0.2) is 19.6 Å². The highest BCUT2D eigenvalue weighted by Gasteiger charge is 2.17. The summed E-state index contributed by atoms with van der Waals surface area (Å²) in [5, 5.41) is 8.00. The number of anilines is 1. The van der Waals surface area contributed by atoms with E-state index in [0.717, 1.165) is 11.4 Å². The van der Waals surface area contributed by atoms with Crippen molar-refractivity contribution in [1.82, 2.24) is 19.6 Å². The number of nitrogen functional groups attached to an aromatic ring is 1. The van der Waals surface area contributed by atoms with Gasteiger partial charge in [0.25, 0.3) is 5.78 Å². The van der Waals surface area contributed by atoms with Gasteiger partial charge in [-0.15, -0.1) is 10.2 Å². The van der Waals surface area contributed by atoms with Gasteiger partial charge in [-0.05, 0) is 32.0 Å². The van der Waals surface area contributed by atoms with Crippen LogP contribution in [0.1, 0.15) is 11.4 Å². The second kappa shape index (κ2) is 4.01. The maximum atomic E-state index is 14.0. The normalized spacial score (nSPS) is 11.1. The predicted octanol–water partition coefficient (Wildman–Crippen LogP) is 2.13. The second-order valence-corrected chi connectivity index (χ2v) is 4.40. The van der Waals surface area contributed by atoms with Gasteiger partial charge in [0.1, 0.15) is 5.82 Å². The lowest BCUT2D eigenvalue weighted by Gasteiger charge is -2.07. The molecule has 0 aliphatic heterocycles. The number of aromatic nitrogens is 4. The van der Waals surface area contributed by atoms with Crippen molar-refractivity contribution < 1.29 is 4.39 Å². The Morgan fingerprint density at radius 3 is 2.74 bits per heavy atom. The molecule has 2 N–H and O–H groups in total. The average molecular weight is 257 g/mol. The number of hydrogen-bond donors (Lipinski definition) is 1. The second-order valence-electron chi connectivity index (χ2n) is 4.40. The maximum Gasteiger partial charge on any atom is 0.255 e. The van der Waals surface area contributed by atoms with Gasteiger partial charge in [-0.1, -0.05) is 6.07 Å². The first-order valence-corrected chi connectivity index (χ1v) is 5.81. The Hall–Kier alpha value is -2.50. The van der Waals surface area contributed by atoms with Crippen LogP contribution < -0.4 is 5.73 Å². The Balaban J connectivity index is 2.38. The minimum atomic E-state index is -0.422. The van der Waals surface area contributed by atoms with Crippen LogP contribution in [0, 0.1) is 19.7 Å². The first-order valence-electron chi connectivity index (χ1n) is 5.81. The summed E-state index contributed by atoms with van der Waals surface area (Å²) in [5.74, 6) is 0.389. The zero-order valence-corrected chi connectivity index (χ0v) is 10.6. The smallest absolute Gasteiger partial charge is 0.255 e. The van der Waals surface area contributed by atoms with Crippen LogP contribution in [-0.2, 0) is 0 Å². The molecule has 2 aromatic heterocycles. The number of nitrogens with zero attached hydrogens (tertiary/aromatic N) is 4. The molecular formula is C13H12FN5. The SMILES string of the molecule is Cc1cc(C)n2c(-c3c(N)cccc3F)nnc2n1. The molecule has 3 rings (SSSR count). The Labute approximate surface area is 108 Å². The van der Waals surface area contributed by atoms with E-state index in [1.54, 1.807) is 16.5 Å². The van der Waals surface area contributed by atoms with Gasteiger partial charge in [-0.2, -0.15) is 0 Å². The van der Waals surface area contributed by atoms with E-state index in [4.69, 9.17) is 5.73 Å². The van der Waals surface area contributed by atoms with Crippen LogP contribution in [0.25, 0.3) is 17.2 Å².